The third kappa shape index (κ3) is 4.43. The van der Waals surface area contributed by atoms with E-state index in [1.807, 2.05) is 18.7 Å². The highest BCUT2D eigenvalue weighted by Crippen LogP contribution is 2.31. The molecule has 0 aliphatic carbocycles. The Balaban J connectivity index is 1.72. The summed E-state index contributed by atoms with van der Waals surface area (Å²) < 4.78 is 0. The van der Waals surface area contributed by atoms with Gasteiger partial charge in [-0.1, -0.05) is 53.6 Å². The summed E-state index contributed by atoms with van der Waals surface area (Å²) in [5, 5.41) is 0. The van der Waals surface area contributed by atoms with Crippen molar-refractivity contribution in [1.82, 2.24) is 14.9 Å². The number of amides is 1. The second-order valence-electron chi connectivity index (χ2n) is 9.50. The van der Waals surface area contributed by atoms with Crippen molar-refractivity contribution in [2.45, 2.75) is 61.1 Å². The number of benzene rings is 3. The number of fused-ring (bicyclic) bond motifs is 1. The normalized spacial score (nSPS) is 11.4. The Morgan fingerprint density at radius 2 is 1.55 bits per heavy atom. The number of H-pyrrole nitrogens is 1. The number of nitrogens with one attached hydrogen (secondary N) is 1. The standard InChI is InChI=1S/C29H33N3O/c1-17(2)32(29(33)27-21(6)14-19(4)15-22(27)7)16-26-30-25-10-8-9-24(28(25)31-26)23-12-11-18(3)13-20(23)5/h8-15,17H,16H2,1-7H3,(H,30,31). The highest BCUT2D eigenvalue weighted by Gasteiger charge is 2.24. The molecule has 0 atom stereocenters. The number of rotatable bonds is 5. The van der Waals surface area contributed by atoms with Crippen LogP contribution in [-0.4, -0.2) is 26.8 Å². The Morgan fingerprint density at radius 1 is 0.879 bits per heavy atom. The van der Waals surface area contributed by atoms with E-state index in [1.54, 1.807) is 0 Å². The van der Waals surface area contributed by atoms with E-state index < -0.39 is 0 Å². The van der Waals surface area contributed by atoms with Crippen LogP contribution in [0.3, 0.4) is 0 Å². The first-order chi connectivity index (χ1) is 15.7. The van der Waals surface area contributed by atoms with Crippen LogP contribution in [0.1, 0.15) is 57.8 Å². The zero-order valence-electron chi connectivity index (χ0n) is 20.7. The summed E-state index contributed by atoms with van der Waals surface area (Å²) >= 11 is 0. The van der Waals surface area contributed by atoms with Gasteiger partial charge in [-0.15, -0.1) is 0 Å². The third-order valence-corrected chi connectivity index (χ3v) is 6.33. The van der Waals surface area contributed by atoms with Crippen LogP contribution < -0.4 is 0 Å². The number of carbonyl (C=O) groups excluding carboxylic acids is 1. The van der Waals surface area contributed by atoms with Crippen LogP contribution in [0.2, 0.25) is 0 Å². The van der Waals surface area contributed by atoms with Crippen molar-refractivity contribution in [3.8, 4) is 11.1 Å². The molecule has 4 nitrogen and oxygen atoms in total. The maximum Gasteiger partial charge on any atom is 0.255 e. The molecule has 0 radical (unpaired) electrons. The zero-order valence-corrected chi connectivity index (χ0v) is 20.7. The lowest BCUT2D eigenvalue weighted by molar-refractivity contribution is 0.0684. The minimum atomic E-state index is 0.0460. The van der Waals surface area contributed by atoms with Gasteiger partial charge in [0.2, 0.25) is 0 Å². The van der Waals surface area contributed by atoms with Crippen LogP contribution >= 0.6 is 0 Å². The van der Waals surface area contributed by atoms with Gasteiger partial charge in [-0.3, -0.25) is 4.79 Å². The fourth-order valence-electron chi connectivity index (χ4n) is 4.80. The fraction of sp³-hybridized carbons (Fsp3) is 0.310. The number of para-hydroxylation sites is 1. The maximum atomic E-state index is 13.6. The van der Waals surface area contributed by atoms with E-state index in [0.29, 0.717) is 6.54 Å². The second kappa shape index (κ2) is 8.86. The SMILES string of the molecule is Cc1ccc(-c2cccc3[nH]c(CN(C(=O)c4c(C)cc(C)cc4C)C(C)C)nc23)c(C)c1. The van der Waals surface area contributed by atoms with E-state index >= 15 is 0 Å². The molecule has 0 saturated heterocycles. The first-order valence-corrected chi connectivity index (χ1v) is 11.6. The molecule has 0 fully saturated rings. The van der Waals surface area contributed by atoms with Gasteiger partial charge in [0.25, 0.3) is 5.91 Å². The Labute approximate surface area is 196 Å². The lowest BCUT2D eigenvalue weighted by Crippen LogP contribution is -2.37. The molecule has 4 heteroatoms. The molecular weight excluding hydrogens is 406 g/mol. The van der Waals surface area contributed by atoms with Gasteiger partial charge in [0.1, 0.15) is 5.82 Å². The summed E-state index contributed by atoms with van der Waals surface area (Å²) in [5.41, 5.74) is 10.7. The summed E-state index contributed by atoms with van der Waals surface area (Å²) in [6.45, 7) is 14.9. The average molecular weight is 440 g/mol. The number of aromatic amines is 1. The average Bonchev–Trinajstić information content (AvgIpc) is 3.14. The Hall–Kier alpha value is -3.40. The molecule has 33 heavy (non-hydrogen) atoms. The summed E-state index contributed by atoms with van der Waals surface area (Å²) in [6, 6.07) is 16.9. The van der Waals surface area contributed by atoms with Gasteiger partial charge in [-0.05, 0) is 76.8 Å². The highest BCUT2D eigenvalue weighted by atomic mass is 16.2. The van der Waals surface area contributed by atoms with Crippen molar-refractivity contribution in [2.75, 3.05) is 0 Å². The lowest BCUT2D eigenvalue weighted by atomic mass is 9.98. The number of hydrogen-bond acceptors (Lipinski definition) is 2. The minimum absolute atomic E-state index is 0.0460. The van der Waals surface area contributed by atoms with Crippen LogP contribution in [-0.2, 0) is 6.54 Å². The van der Waals surface area contributed by atoms with Gasteiger partial charge in [-0.25, -0.2) is 4.98 Å². The molecule has 4 rings (SSSR count). The molecule has 1 heterocycles. The number of aryl methyl sites for hydroxylation is 5. The molecule has 4 aromatic rings. The largest absolute Gasteiger partial charge is 0.340 e. The summed E-state index contributed by atoms with van der Waals surface area (Å²) in [4.78, 5) is 23.9. The van der Waals surface area contributed by atoms with Crippen molar-refractivity contribution in [3.63, 3.8) is 0 Å². The molecule has 3 aromatic carbocycles. The quantitative estimate of drug-likeness (QED) is 0.371. The molecule has 1 amide bonds. The molecule has 0 aliphatic heterocycles. The van der Waals surface area contributed by atoms with E-state index in [4.69, 9.17) is 4.98 Å². The molecule has 0 aliphatic rings. The number of hydrogen-bond donors (Lipinski definition) is 1. The predicted octanol–water partition coefficient (Wildman–Crippen LogP) is 6.82. The predicted molar refractivity (Wildman–Crippen MR) is 137 cm³/mol. The maximum absolute atomic E-state index is 13.6. The number of nitrogens with zero attached hydrogens (tertiary/aromatic N) is 2. The Kier molecular flexibility index (Phi) is 6.11. The van der Waals surface area contributed by atoms with Gasteiger partial charge < -0.3 is 9.88 Å². The smallest absolute Gasteiger partial charge is 0.255 e. The molecule has 170 valence electrons. The molecular formula is C29H33N3O. The molecule has 0 saturated carbocycles. The van der Waals surface area contributed by atoms with Crippen molar-refractivity contribution in [3.05, 3.63) is 87.7 Å². The molecule has 0 bridgehead atoms. The van der Waals surface area contributed by atoms with Crippen LogP contribution in [0, 0.1) is 34.6 Å². The summed E-state index contributed by atoms with van der Waals surface area (Å²) in [6.07, 6.45) is 0. The van der Waals surface area contributed by atoms with E-state index in [0.717, 1.165) is 39.1 Å². The van der Waals surface area contributed by atoms with E-state index in [1.165, 1.54) is 22.3 Å². The van der Waals surface area contributed by atoms with Crippen molar-refractivity contribution in [1.29, 1.82) is 0 Å². The Morgan fingerprint density at radius 3 is 2.18 bits per heavy atom. The van der Waals surface area contributed by atoms with Crippen LogP contribution in [0.5, 0.6) is 0 Å². The first-order valence-electron chi connectivity index (χ1n) is 11.6. The van der Waals surface area contributed by atoms with Crippen molar-refractivity contribution < 1.29 is 4.79 Å². The molecule has 1 aromatic heterocycles. The topological polar surface area (TPSA) is 49.0 Å². The van der Waals surface area contributed by atoms with Gasteiger partial charge in [0.15, 0.2) is 0 Å². The van der Waals surface area contributed by atoms with Crippen LogP contribution in [0.4, 0.5) is 0 Å². The van der Waals surface area contributed by atoms with Gasteiger partial charge in [0.05, 0.1) is 17.6 Å². The molecule has 0 spiro atoms. The molecule has 1 N–H and O–H groups in total. The minimum Gasteiger partial charge on any atom is -0.340 e. The van der Waals surface area contributed by atoms with E-state index in [2.05, 4.69) is 88.1 Å². The monoisotopic (exact) mass is 439 g/mol. The summed E-state index contributed by atoms with van der Waals surface area (Å²) in [5.74, 6) is 0.849. The van der Waals surface area contributed by atoms with Gasteiger partial charge in [0, 0.05) is 17.2 Å². The van der Waals surface area contributed by atoms with Crippen LogP contribution in [0.15, 0.2) is 48.5 Å². The fourth-order valence-corrected chi connectivity index (χ4v) is 4.80. The molecule has 0 unspecified atom stereocenters. The summed E-state index contributed by atoms with van der Waals surface area (Å²) in [7, 11) is 0. The van der Waals surface area contributed by atoms with Crippen molar-refractivity contribution in [2.24, 2.45) is 0 Å². The first kappa shape index (κ1) is 22.8. The van der Waals surface area contributed by atoms with E-state index in [-0.39, 0.29) is 11.9 Å². The highest BCUT2D eigenvalue weighted by molar-refractivity contribution is 5.97. The number of imidazole rings is 1. The Bertz CT molecular complexity index is 1320. The van der Waals surface area contributed by atoms with Gasteiger partial charge >= 0.3 is 0 Å². The van der Waals surface area contributed by atoms with Crippen molar-refractivity contribution >= 4 is 16.9 Å². The number of carbonyl (C=O) groups is 1. The zero-order chi connectivity index (χ0) is 23.9. The van der Waals surface area contributed by atoms with Crippen LogP contribution in [0.25, 0.3) is 22.2 Å². The lowest BCUT2D eigenvalue weighted by Gasteiger charge is -2.27. The second-order valence-corrected chi connectivity index (χ2v) is 9.50. The van der Waals surface area contributed by atoms with E-state index in [9.17, 15) is 4.79 Å². The van der Waals surface area contributed by atoms with Gasteiger partial charge in [-0.2, -0.15) is 0 Å². The number of aromatic nitrogens is 2. The third-order valence-electron chi connectivity index (χ3n) is 6.33.